The Labute approximate surface area is 122 Å². The van der Waals surface area contributed by atoms with Crippen LogP contribution in [0.1, 0.15) is 29.4 Å². The molecule has 0 aliphatic carbocycles. The minimum absolute atomic E-state index is 0.130. The van der Waals surface area contributed by atoms with Crippen LogP contribution in [0.25, 0.3) is 0 Å². The number of halogens is 3. The lowest BCUT2D eigenvalue weighted by Gasteiger charge is -2.14. The van der Waals surface area contributed by atoms with Crippen molar-refractivity contribution in [3.8, 4) is 5.75 Å². The van der Waals surface area contributed by atoms with E-state index in [9.17, 15) is 23.1 Å². The summed E-state index contributed by atoms with van der Waals surface area (Å²) in [6, 6.07) is 0. The number of nitrogens with zero attached hydrogens (tertiary/aromatic N) is 3. The van der Waals surface area contributed by atoms with Gasteiger partial charge in [-0.3, -0.25) is 4.68 Å². The van der Waals surface area contributed by atoms with Gasteiger partial charge in [-0.05, 0) is 6.42 Å². The lowest BCUT2D eigenvalue weighted by molar-refractivity contribution is -0.145. The number of ether oxygens (including phenoxy) is 1. The predicted molar refractivity (Wildman–Crippen MR) is 65.0 cm³/mol. The molecule has 0 bridgehead atoms. The maximum atomic E-state index is 13.1. The predicted octanol–water partition coefficient (Wildman–Crippen LogP) is 1.88. The Morgan fingerprint density at radius 1 is 1.50 bits per heavy atom. The first kappa shape index (κ1) is 16.0. The van der Waals surface area contributed by atoms with Crippen molar-refractivity contribution in [2.45, 2.75) is 32.2 Å². The van der Waals surface area contributed by atoms with Gasteiger partial charge < -0.3 is 14.4 Å². The summed E-state index contributed by atoms with van der Waals surface area (Å²) in [5.41, 5.74) is -1.38. The van der Waals surface area contributed by atoms with Gasteiger partial charge in [-0.15, -0.1) is 0 Å². The Bertz CT molecular complexity index is 637. The Balaban J connectivity index is 2.29. The van der Waals surface area contributed by atoms with Crippen LogP contribution in [0.3, 0.4) is 0 Å². The number of aromatic nitrogens is 3. The standard InChI is InChI=1S/C12H12F3N3O4/c1-2-8(19)5-18-10(12(13,14)15)9(4-16-18)22-11(20)7-3-17-21-6-7/h3-4,6,8,19H,2,5H2,1H3. The van der Waals surface area contributed by atoms with Crippen LogP contribution >= 0.6 is 0 Å². The van der Waals surface area contributed by atoms with Crippen LogP contribution in [0.2, 0.25) is 0 Å². The third-order valence-corrected chi connectivity index (χ3v) is 2.80. The Morgan fingerprint density at radius 2 is 2.23 bits per heavy atom. The molecule has 0 aromatic carbocycles. The van der Waals surface area contributed by atoms with Crippen LogP contribution in [-0.4, -0.2) is 32.1 Å². The minimum atomic E-state index is -4.80. The third kappa shape index (κ3) is 3.45. The molecule has 0 amide bonds. The van der Waals surface area contributed by atoms with Gasteiger partial charge in [0.15, 0.2) is 11.4 Å². The molecule has 1 unspecified atom stereocenters. The largest absolute Gasteiger partial charge is 0.436 e. The molecule has 1 atom stereocenters. The second-order valence-electron chi connectivity index (χ2n) is 4.40. The number of carbonyl (C=O) groups is 1. The van der Waals surface area contributed by atoms with E-state index in [0.717, 1.165) is 18.7 Å². The number of hydrogen-bond donors (Lipinski definition) is 1. The monoisotopic (exact) mass is 319 g/mol. The molecule has 0 saturated heterocycles. The Kier molecular flexibility index (Phi) is 4.50. The molecule has 7 nitrogen and oxygen atoms in total. The van der Waals surface area contributed by atoms with Gasteiger partial charge in [0.05, 0.1) is 25.0 Å². The summed E-state index contributed by atoms with van der Waals surface area (Å²) in [5, 5.41) is 16.3. The van der Waals surface area contributed by atoms with Gasteiger partial charge in [0.25, 0.3) is 0 Å². The molecule has 0 aliphatic rings. The van der Waals surface area contributed by atoms with E-state index in [1.807, 2.05) is 0 Å². The molecule has 120 valence electrons. The zero-order valence-electron chi connectivity index (χ0n) is 11.4. The van der Waals surface area contributed by atoms with Crippen molar-refractivity contribution in [3.63, 3.8) is 0 Å². The lowest BCUT2D eigenvalue weighted by Crippen LogP contribution is -2.22. The van der Waals surface area contributed by atoms with Gasteiger partial charge in [-0.25, -0.2) is 4.79 Å². The average Bonchev–Trinajstić information content (AvgIpc) is 3.07. The molecule has 2 aromatic heterocycles. The van der Waals surface area contributed by atoms with Gasteiger partial charge in [0.1, 0.15) is 11.8 Å². The Hall–Kier alpha value is -2.36. The van der Waals surface area contributed by atoms with E-state index < -0.39 is 29.7 Å². The molecular weight excluding hydrogens is 307 g/mol. The Morgan fingerprint density at radius 3 is 2.77 bits per heavy atom. The van der Waals surface area contributed by atoms with Crippen LogP contribution < -0.4 is 4.74 Å². The molecule has 2 heterocycles. The van der Waals surface area contributed by atoms with Crippen molar-refractivity contribution in [2.75, 3.05) is 0 Å². The quantitative estimate of drug-likeness (QED) is 0.846. The fraction of sp³-hybridized carbons (Fsp3) is 0.417. The topological polar surface area (TPSA) is 90.4 Å². The highest BCUT2D eigenvalue weighted by Gasteiger charge is 2.40. The minimum Gasteiger partial charge on any atom is -0.419 e. The fourth-order valence-corrected chi connectivity index (χ4v) is 1.66. The van der Waals surface area contributed by atoms with E-state index in [1.54, 1.807) is 6.92 Å². The van der Waals surface area contributed by atoms with Crippen LogP contribution in [-0.2, 0) is 12.7 Å². The highest BCUT2D eigenvalue weighted by Crippen LogP contribution is 2.36. The summed E-state index contributed by atoms with van der Waals surface area (Å²) in [4.78, 5) is 11.7. The molecule has 1 N–H and O–H groups in total. The van der Waals surface area contributed by atoms with Crippen molar-refractivity contribution >= 4 is 5.97 Å². The summed E-state index contributed by atoms with van der Waals surface area (Å²) in [6.45, 7) is 1.25. The second kappa shape index (κ2) is 6.18. The first-order valence-electron chi connectivity index (χ1n) is 6.25. The van der Waals surface area contributed by atoms with Crippen molar-refractivity contribution < 1.29 is 32.3 Å². The van der Waals surface area contributed by atoms with E-state index in [0.29, 0.717) is 4.68 Å². The second-order valence-corrected chi connectivity index (χ2v) is 4.40. The van der Waals surface area contributed by atoms with Crippen LogP contribution in [0, 0.1) is 0 Å². The first-order valence-corrected chi connectivity index (χ1v) is 6.25. The molecule has 0 radical (unpaired) electrons. The SMILES string of the molecule is CCC(O)Cn1ncc(OC(=O)c2cnoc2)c1C(F)(F)F. The summed E-state index contributed by atoms with van der Waals surface area (Å²) in [5.74, 6) is -1.80. The molecule has 10 heteroatoms. The fourth-order valence-electron chi connectivity index (χ4n) is 1.66. The highest BCUT2D eigenvalue weighted by atomic mass is 19.4. The molecule has 0 saturated carbocycles. The highest BCUT2D eigenvalue weighted by molar-refractivity contribution is 5.90. The zero-order chi connectivity index (χ0) is 16.3. The number of aliphatic hydroxyl groups is 1. The van der Waals surface area contributed by atoms with E-state index in [-0.39, 0.29) is 18.5 Å². The van der Waals surface area contributed by atoms with Crippen molar-refractivity contribution in [1.82, 2.24) is 14.9 Å². The summed E-state index contributed by atoms with van der Waals surface area (Å²) < 4.78 is 49.0. The van der Waals surface area contributed by atoms with Gasteiger partial charge in [-0.1, -0.05) is 12.1 Å². The van der Waals surface area contributed by atoms with E-state index in [2.05, 4.69) is 19.5 Å². The summed E-state index contributed by atoms with van der Waals surface area (Å²) >= 11 is 0. The molecular formula is C12H12F3N3O4. The van der Waals surface area contributed by atoms with Gasteiger partial charge >= 0.3 is 12.1 Å². The van der Waals surface area contributed by atoms with E-state index in [1.165, 1.54) is 0 Å². The zero-order valence-corrected chi connectivity index (χ0v) is 11.4. The van der Waals surface area contributed by atoms with Crippen LogP contribution in [0.4, 0.5) is 13.2 Å². The molecule has 0 spiro atoms. The maximum Gasteiger partial charge on any atom is 0.436 e. The molecule has 0 aliphatic heterocycles. The molecule has 2 rings (SSSR count). The number of esters is 1. The van der Waals surface area contributed by atoms with Gasteiger partial charge in [0.2, 0.25) is 0 Å². The average molecular weight is 319 g/mol. The van der Waals surface area contributed by atoms with Crippen molar-refractivity contribution in [2.24, 2.45) is 0 Å². The van der Waals surface area contributed by atoms with E-state index in [4.69, 9.17) is 0 Å². The smallest absolute Gasteiger partial charge is 0.419 e. The molecule has 22 heavy (non-hydrogen) atoms. The maximum absolute atomic E-state index is 13.1. The first-order chi connectivity index (χ1) is 10.3. The molecule has 0 fully saturated rings. The number of carbonyl (C=O) groups excluding carboxylic acids is 1. The number of aliphatic hydroxyl groups excluding tert-OH is 1. The number of rotatable bonds is 5. The summed E-state index contributed by atoms with van der Waals surface area (Å²) in [6.07, 6.45) is -2.80. The normalized spacial score (nSPS) is 13.1. The van der Waals surface area contributed by atoms with Gasteiger partial charge in [0, 0.05) is 0 Å². The van der Waals surface area contributed by atoms with Gasteiger partial charge in [-0.2, -0.15) is 18.3 Å². The number of hydrogen-bond acceptors (Lipinski definition) is 6. The van der Waals surface area contributed by atoms with E-state index >= 15 is 0 Å². The van der Waals surface area contributed by atoms with Crippen molar-refractivity contribution in [3.05, 3.63) is 29.9 Å². The summed E-state index contributed by atoms with van der Waals surface area (Å²) in [7, 11) is 0. The van der Waals surface area contributed by atoms with Crippen molar-refractivity contribution in [1.29, 1.82) is 0 Å². The van der Waals surface area contributed by atoms with Crippen LogP contribution in [0.15, 0.2) is 23.2 Å². The van der Waals surface area contributed by atoms with Crippen LogP contribution in [0.5, 0.6) is 5.75 Å². The number of alkyl halides is 3. The lowest BCUT2D eigenvalue weighted by atomic mass is 10.2. The molecule has 2 aromatic rings. The third-order valence-electron chi connectivity index (χ3n) is 2.80.